The van der Waals surface area contributed by atoms with E-state index in [1.54, 1.807) is 0 Å². The molecule has 0 fully saturated rings. The van der Waals surface area contributed by atoms with Gasteiger partial charge >= 0.3 is 0 Å². The van der Waals surface area contributed by atoms with Gasteiger partial charge in [-0.05, 0) is 86.8 Å². The Morgan fingerprint density at radius 3 is 2.59 bits per heavy atom. The lowest BCUT2D eigenvalue weighted by Crippen LogP contribution is -2.47. The Labute approximate surface area is 230 Å². The highest BCUT2D eigenvalue weighted by atomic mass is 19.1. The second kappa shape index (κ2) is 13.8. The normalized spacial score (nSPS) is 17.2. The summed E-state index contributed by atoms with van der Waals surface area (Å²) in [5.74, 6) is -0.653. The van der Waals surface area contributed by atoms with Gasteiger partial charge in [-0.25, -0.2) is 13.8 Å². The minimum Gasteiger partial charge on any atom is -0.309 e. The summed E-state index contributed by atoms with van der Waals surface area (Å²) in [7, 11) is 0. The van der Waals surface area contributed by atoms with Crippen LogP contribution < -0.4 is 16.0 Å². The largest absolute Gasteiger partial charge is 0.309 e. The van der Waals surface area contributed by atoms with Crippen LogP contribution in [0.3, 0.4) is 0 Å². The molecular formula is C32H40F2N4O. The van der Waals surface area contributed by atoms with Gasteiger partial charge in [-0.2, -0.15) is 0 Å². The third-order valence-corrected chi connectivity index (χ3v) is 7.57. The molecule has 4 unspecified atom stereocenters. The fourth-order valence-corrected chi connectivity index (χ4v) is 5.40. The molecule has 1 aromatic heterocycles. The number of hydrogen-bond acceptors (Lipinski definition) is 4. The number of aromatic nitrogens is 1. The highest BCUT2D eigenvalue weighted by Crippen LogP contribution is 2.26. The molecule has 3 aromatic rings. The van der Waals surface area contributed by atoms with E-state index in [1.165, 1.54) is 11.6 Å². The number of carbonyl (C=O) groups is 1. The Kier molecular flexibility index (Phi) is 10.2. The van der Waals surface area contributed by atoms with Crippen molar-refractivity contribution in [1.29, 1.82) is 0 Å². The van der Waals surface area contributed by atoms with E-state index < -0.39 is 17.7 Å². The lowest BCUT2D eigenvalue weighted by molar-refractivity contribution is -0.118. The highest BCUT2D eigenvalue weighted by molar-refractivity contribution is 5.94. The molecule has 4 atom stereocenters. The zero-order valence-electron chi connectivity index (χ0n) is 23.1. The Morgan fingerprint density at radius 2 is 1.87 bits per heavy atom. The van der Waals surface area contributed by atoms with Crippen LogP contribution in [0.2, 0.25) is 0 Å². The van der Waals surface area contributed by atoms with Crippen molar-refractivity contribution in [3.63, 3.8) is 0 Å². The van der Waals surface area contributed by atoms with E-state index in [2.05, 4.69) is 59.0 Å². The summed E-state index contributed by atoms with van der Waals surface area (Å²) in [6, 6.07) is 16.9. The van der Waals surface area contributed by atoms with E-state index in [4.69, 9.17) is 0 Å². The second-order valence-electron chi connectivity index (χ2n) is 10.8. The minimum atomic E-state index is -0.559. The number of halogens is 2. The van der Waals surface area contributed by atoms with Gasteiger partial charge in [-0.15, -0.1) is 0 Å². The van der Waals surface area contributed by atoms with E-state index in [1.807, 2.05) is 31.3 Å². The molecule has 5 nitrogen and oxygen atoms in total. The van der Waals surface area contributed by atoms with Crippen LogP contribution in [0.1, 0.15) is 74.8 Å². The van der Waals surface area contributed by atoms with Crippen molar-refractivity contribution in [2.24, 2.45) is 0 Å². The van der Waals surface area contributed by atoms with Gasteiger partial charge in [0.2, 0.25) is 5.91 Å². The molecule has 0 spiro atoms. The number of fused-ring (bicyclic) bond motifs is 1. The molecule has 39 heavy (non-hydrogen) atoms. The van der Waals surface area contributed by atoms with Crippen molar-refractivity contribution in [3.05, 3.63) is 94.7 Å². The molecule has 1 amide bonds. The summed E-state index contributed by atoms with van der Waals surface area (Å²) in [6.07, 6.45) is 6.92. The van der Waals surface area contributed by atoms with Crippen LogP contribution in [-0.2, 0) is 24.1 Å². The van der Waals surface area contributed by atoms with Gasteiger partial charge in [0, 0.05) is 30.4 Å². The van der Waals surface area contributed by atoms with Gasteiger partial charge in [0.15, 0.2) is 0 Å². The number of carbonyl (C=O) groups excluding carboxylic acids is 1. The molecular weight excluding hydrogens is 494 g/mol. The predicted molar refractivity (Wildman–Crippen MR) is 153 cm³/mol. The maximum absolute atomic E-state index is 14.1. The number of hydrogen-bond donors (Lipinski definition) is 3. The van der Waals surface area contributed by atoms with Crippen LogP contribution in [-0.4, -0.2) is 29.0 Å². The quantitative estimate of drug-likeness (QED) is 0.256. The molecule has 1 aliphatic rings. The van der Waals surface area contributed by atoms with Gasteiger partial charge in [0.25, 0.3) is 0 Å². The number of anilines is 1. The first-order valence-electron chi connectivity index (χ1n) is 14.1. The number of amides is 1. The van der Waals surface area contributed by atoms with Crippen molar-refractivity contribution >= 4 is 11.7 Å². The first kappa shape index (κ1) is 28.8. The summed E-state index contributed by atoms with van der Waals surface area (Å²) < 4.78 is 27.8. The SMILES string of the molecule is CCCC(NC1CCc2c(F)cc(F)cc2C1)C(=O)Nc1ccc(CCC(C)NC(C)c2ccccc2)cn1. The maximum Gasteiger partial charge on any atom is 0.242 e. The van der Waals surface area contributed by atoms with Crippen LogP contribution in [0.25, 0.3) is 0 Å². The van der Waals surface area contributed by atoms with Crippen LogP contribution in [0.4, 0.5) is 14.6 Å². The third-order valence-electron chi connectivity index (χ3n) is 7.57. The standard InChI is InChI=1S/C32H40F2N4O/c1-4-8-30(37-27-14-15-28-25(18-27)17-26(33)19-29(28)34)32(39)38-31-16-13-23(20-35-31)12-11-21(2)36-22(3)24-9-6-5-7-10-24/h5-7,9-10,13,16-17,19-22,27,30,36-37H,4,8,11-12,14-15,18H2,1-3H3,(H,35,38,39). The van der Waals surface area contributed by atoms with E-state index in [9.17, 15) is 13.6 Å². The molecule has 0 aliphatic heterocycles. The molecule has 1 aliphatic carbocycles. The molecule has 0 bridgehead atoms. The Bertz CT molecular complexity index is 1220. The zero-order valence-corrected chi connectivity index (χ0v) is 23.1. The monoisotopic (exact) mass is 534 g/mol. The molecule has 0 saturated carbocycles. The Balaban J connectivity index is 1.27. The molecule has 7 heteroatoms. The number of benzene rings is 2. The molecule has 3 N–H and O–H groups in total. The molecule has 2 aromatic carbocycles. The Hall–Kier alpha value is -3.16. The molecule has 4 rings (SSSR count). The van der Waals surface area contributed by atoms with Crippen LogP contribution in [0.15, 0.2) is 60.8 Å². The first-order chi connectivity index (χ1) is 18.8. The van der Waals surface area contributed by atoms with Gasteiger partial charge in [0.05, 0.1) is 6.04 Å². The van der Waals surface area contributed by atoms with E-state index >= 15 is 0 Å². The summed E-state index contributed by atoms with van der Waals surface area (Å²) in [4.78, 5) is 17.6. The van der Waals surface area contributed by atoms with E-state index in [0.717, 1.165) is 30.9 Å². The lowest BCUT2D eigenvalue weighted by atomic mass is 9.87. The van der Waals surface area contributed by atoms with Crippen molar-refractivity contribution < 1.29 is 13.6 Å². The van der Waals surface area contributed by atoms with Crippen molar-refractivity contribution in [3.8, 4) is 0 Å². The highest BCUT2D eigenvalue weighted by Gasteiger charge is 2.27. The van der Waals surface area contributed by atoms with E-state index in [-0.39, 0.29) is 18.0 Å². The Morgan fingerprint density at radius 1 is 1.08 bits per heavy atom. The van der Waals surface area contributed by atoms with Crippen molar-refractivity contribution in [1.82, 2.24) is 15.6 Å². The lowest BCUT2D eigenvalue weighted by Gasteiger charge is -2.29. The second-order valence-corrected chi connectivity index (χ2v) is 10.8. The van der Waals surface area contributed by atoms with Crippen molar-refractivity contribution in [2.45, 2.75) is 89.9 Å². The summed E-state index contributed by atoms with van der Waals surface area (Å²) >= 11 is 0. The predicted octanol–water partition coefficient (Wildman–Crippen LogP) is 6.29. The molecule has 0 saturated heterocycles. The average molecular weight is 535 g/mol. The number of rotatable bonds is 12. The van der Waals surface area contributed by atoms with Gasteiger partial charge in [-0.3, -0.25) is 4.79 Å². The number of pyridine rings is 1. The summed E-state index contributed by atoms with van der Waals surface area (Å²) in [6.45, 7) is 6.41. The topological polar surface area (TPSA) is 66.1 Å². The van der Waals surface area contributed by atoms with E-state index in [0.29, 0.717) is 48.7 Å². The van der Waals surface area contributed by atoms with Gasteiger partial charge in [-0.1, -0.05) is 49.7 Å². The third kappa shape index (κ3) is 8.16. The number of aryl methyl sites for hydroxylation is 1. The maximum atomic E-state index is 14.1. The zero-order chi connectivity index (χ0) is 27.8. The fraction of sp³-hybridized carbons (Fsp3) is 0.438. The first-order valence-corrected chi connectivity index (χ1v) is 14.1. The van der Waals surface area contributed by atoms with Crippen molar-refractivity contribution in [2.75, 3.05) is 5.32 Å². The van der Waals surface area contributed by atoms with Gasteiger partial charge < -0.3 is 16.0 Å². The average Bonchev–Trinajstić information content (AvgIpc) is 2.92. The minimum absolute atomic E-state index is 0.0171. The smallest absolute Gasteiger partial charge is 0.242 e. The fourth-order valence-electron chi connectivity index (χ4n) is 5.40. The van der Waals surface area contributed by atoms with Crippen LogP contribution in [0, 0.1) is 11.6 Å². The van der Waals surface area contributed by atoms with Gasteiger partial charge in [0.1, 0.15) is 17.5 Å². The van der Waals surface area contributed by atoms with Crippen LogP contribution in [0.5, 0.6) is 0 Å². The summed E-state index contributed by atoms with van der Waals surface area (Å²) in [5.41, 5.74) is 3.67. The molecule has 208 valence electrons. The van der Waals surface area contributed by atoms with Crippen LogP contribution >= 0.6 is 0 Å². The molecule has 0 radical (unpaired) electrons. The molecule has 1 heterocycles. The number of nitrogens with zero attached hydrogens (tertiary/aromatic N) is 1. The number of nitrogens with one attached hydrogen (secondary N) is 3. The summed E-state index contributed by atoms with van der Waals surface area (Å²) in [5, 5.41) is 10.0.